The second-order valence-corrected chi connectivity index (χ2v) is 5.08. The highest BCUT2D eigenvalue weighted by Crippen LogP contribution is 2.21. The number of likely N-dealkylation sites (tertiary alicyclic amines) is 1. The Morgan fingerprint density at radius 1 is 1.61 bits per heavy atom. The van der Waals surface area contributed by atoms with E-state index in [-0.39, 0.29) is 18.1 Å². The van der Waals surface area contributed by atoms with Crippen molar-refractivity contribution < 1.29 is 9.53 Å². The van der Waals surface area contributed by atoms with Crippen LogP contribution in [0.25, 0.3) is 0 Å². The van der Waals surface area contributed by atoms with Crippen LogP contribution in [0, 0.1) is 5.92 Å². The highest BCUT2D eigenvalue weighted by molar-refractivity contribution is 5.76. The molecule has 0 aliphatic carbocycles. The Labute approximate surface area is 110 Å². The van der Waals surface area contributed by atoms with Crippen molar-refractivity contribution in [2.75, 3.05) is 33.3 Å². The van der Waals surface area contributed by atoms with Crippen LogP contribution in [0.5, 0.6) is 0 Å². The number of nitrogens with zero attached hydrogens (tertiary/aromatic N) is 1. The highest BCUT2D eigenvalue weighted by atomic mass is 16.5. The zero-order chi connectivity index (χ0) is 13.5. The number of carbonyl (C=O) groups is 1. The van der Waals surface area contributed by atoms with E-state index < -0.39 is 0 Å². The van der Waals surface area contributed by atoms with E-state index in [1.54, 1.807) is 7.11 Å². The number of nitrogens with one attached hydrogen (secondary N) is 1. The van der Waals surface area contributed by atoms with Gasteiger partial charge in [-0.05, 0) is 25.8 Å². The maximum Gasteiger partial charge on any atom is 0.221 e. The first-order valence-electron chi connectivity index (χ1n) is 6.85. The molecule has 1 aliphatic heterocycles. The third-order valence-corrected chi connectivity index (χ3v) is 3.81. The van der Waals surface area contributed by atoms with Gasteiger partial charge in [-0.2, -0.15) is 0 Å². The van der Waals surface area contributed by atoms with E-state index in [0.29, 0.717) is 25.4 Å². The van der Waals surface area contributed by atoms with Crippen LogP contribution in [0.2, 0.25) is 0 Å². The number of nitrogens with two attached hydrogens (primary N) is 1. The number of ether oxygens (including phenoxy) is 1. The summed E-state index contributed by atoms with van der Waals surface area (Å²) < 4.78 is 5.50. The first kappa shape index (κ1) is 15.4. The molecule has 0 radical (unpaired) electrons. The van der Waals surface area contributed by atoms with Gasteiger partial charge in [0.15, 0.2) is 0 Å². The Bertz CT molecular complexity index is 261. The first-order valence-corrected chi connectivity index (χ1v) is 6.85. The lowest BCUT2D eigenvalue weighted by Crippen LogP contribution is -2.52. The Morgan fingerprint density at radius 2 is 2.33 bits per heavy atom. The van der Waals surface area contributed by atoms with Crippen molar-refractivity contribution in [1.82, 2.24) is 10.2 Å². The Kier molecular flexibility index (Phi) is 6.60. The van der Waals surface area contributed by atoms with Crippen molar-refractivity contribution in [2.24, 2.45) is 11.7 Å². The quantitative estimate of drug-likeness (QED) is 0.713. The molecule has 0 spiro atoms. The molecular formula is C13H27N3O2. The largest absolute Gasteiger partial charge is 0.380 e. The third-order valence-electron chi connectivity index (χ3n) is 3.81. The van der Waals surface area contributed by atoms with Gasteiger partial charge in [-0.15, -0.1) is 0 Å². The van der Waals surface area contributed by atoms with E-state index >= 15 is 0 Å². The molecule has 0 aromatic heterocycles. The standard InChI is InChI=1S/C13H27N3O2/c1-4-15-13(17)7-11(8-14)16-6-5-10(2)12(9-16)18-3/h10-12H,4-9,14H2,1-3H3,(H,15,17). The fourth-order valence-electron chi connectivity index (χ4n) is 2.54. The molecular weight excluding hydrogens is 230 g/mol. The molecule has 1 saturated heterocycles. The second-order valence-electron chi connectivity index (χ2n) is 5.08. The zero-order valence-corrected chi connectivity index (χ0v) is 11.8. The Morgan fingerprint density at radius 3 is 2.89 bits per heavy atom. The molecule has 3 N–H and O–H groups in total. The monoisotopic (exact) mass is 257 g/mol. The molecule has 0 aromatic carbocycles. The lowest BCUT2D eigenvalue weighted by Gasteiger charge is -2.40. The van der Waals surface area contributed by atoms with Gasteiger partial charge >= 0.3 is 0 Å². The molecule has 3 atom stereocenters. The maximum atomic E-state index is 11.6. The molecule has 3 unspecified atom stereocenters. The molecule has 1 amide bonds. The molecule has 0 saturated carbocycles. The van der Waals surface area contributed by atoms with Crippen molar-refractivity contribution in [1.29, 1.82) is 0 Å². The summed E-state index contributed by atoms with van der Waals surface area (Å²) in [7, 11) is 1.76. The van der Waals surface area contributed by atoms with E-state index in [9.17, 15) is 4.79 Å². The molecule has 18 heavy (non-hydrogen) atoms. The predicted molar refractivity (Wildman–Crippen MR) is 72.3 cm³/mol. The van der Waals surface area contributed by atoms with Crippen molar-refractivity contribution >= 4 is 5.91 Å². The molecule has 1 heterocycles. The molecule has 5 heteroatoms. The van der Waals surface area contributed by atoms with Gasteiger partial charge in [-0.3, -0.25) is 9.69 Å². The first-order chi connectivity index (χ1) is 8.62. The molecule has 1 fully saturated rings. The van der Waals surface area contributed by atoms with Gasteiger partial charge in [-0.1, -0.05) is 6.92 Å². The number of hydrogen-bond acceptors (Lipinski definition) is 4. The predicted octanol–water partition coefficient (Wildman–Crippen LogP) is 0.197. The van der Waals surface area contributed by atoms with Crippen LogP contribution in [0.4, 0.5) is 0 Å². The van der Waals surface area contributed by atoms with Gasteiger partial charge in [0.1, 0.15) is 0 Å². The fourth-order valence-corrected chi connectivity index (χ4v) is 2.54. The molecule has 5 nitrogen and oxygen atoms in total. The van der Waals surface area contributed by atoms with Crippen LogP contribution in [-0.4, -0.2) is 56.2 Å². The van der Waals surface area contributed by atoms with Crippen LogP contribution in [0.15, 0.2) is 0 Å². The summed E-state index contributed by atoms with van der Waals surface area (Å²) in [4.78, 5) is 13.9. The lowest BCUT2D eigenvalue weighted by atomic mass is 9.94. The summed E-state index contributed by atoms with van der Waals surface area (Å²) in [5.41, 5.74) is 5.81. The van der Waals surface area contributed by atoms with Crippen LogP contribution in [0.1, 0.15) is 26.7 Å². The van der Waals surface area contributed by atoms with Gasteiger partial charge in [0, 0.05) is 39.2 Å². The Hall–Kier alpha value is -0.650. The molecule has 1 aliphatic rings. The smallest absolute Gasteiger partial charge is 0.221 e. The summed E-state index contributed by atoms with van der Waals surface area (Å²) in [5.74, 6) is 0.662. The normalized spacial score (nSPS) is 26.9. The van der Waals surface area contributed by atoms with Gasteiger partial charge in [0.2, 0.25) is 5.91 Å². The van der Waals surface area contributed by atoms with Gasteiger partial charge in [0.05, 0.1) is 6.10 Å². The highest BCUT2D eigenvalue weighted by Gasteiger charge is 2.30. The molecule has 106 valence electrons. The average Bonchev–Trinajstić information content (AvgIpc) is 2.37. The number of carbonyl (C=O) groups excluding carboxylic acids is 1. The minimum Gasteiger partial charge on any atom is -0.380 e. The number of amides is 1. The van der Waals surface area contributed by atoms with E-state index in [4.69, 9.17) is 10.5 Å². The maximum absolute atomic E-state index is 11.6. The van der Waals surface area contributed by atoms with Crippen molar-refractivity contribution in [2.45, 2.75) is 38.8 Å². The Balaban J connectivity index is 2.52. The molecule has 0 aromatic rings. The number of hydrogen-bond donors (Lipinski definition) is 2. The number of rotatable bonds is 6. The fraction of sp³-hybridized carbons (Fsp3) is 0.923. The summed E-state index contributed by atoms with van der Waals surface area (Å²) in [6, 6.07) is 0.127. The van der Waals surface area contributed by atoms with E-state index in [0.717, 1.165) is 19.5 Å². The number of piperidine rings is 1. The van der Waals surface area contributed by atoms with Crippen LogP contribution in [0.3, 0.4) is 0 Å². The average molecular weight is 257 g/mol. The topological polar surface area (TPSA) is 67.6 Å². The van der Waals surface area contributed by atoms with Crippen molar-refractivity contribution in [3.63, 3.8) is 0 Å². The van der Waals surface area contributed by atoms with Crippen molar-refractivity contribution in [3.05, 3.63) is 0 Å². The zero-order valence-electron chi connectivity index (χ0n) is 11.8. The van der Waals surface area contributed by atoms with Gasteiger partial charge < -0.3 is 15.8 Å². The minimum absolute atomic E-state index is 0.0838. The van der Waals surface area contributed by atoms with Crippen LogP contribution < -0.4 is 11.1 Å². The van der Waals surface area contributed by atoms with E-state index in [2.05, 4.69) is 17.1 Å². The van der Waals surface area contributed by atoms with Crippen LogP contribution in [-0.2, 0) is 9.53 Å². The third kappa shape index (κ3) is 4.23. The lowest BCUT2D eigenvalue weighted by molar-refractivity contribution is -0.122. The summed E-state index contributed by atoms with van der Waals surface area (Å²) in [5, 5.41) is 2.83. The van der Waals surface area contributed by atoms with E-state index in [1.807, 2.05) is 6.92 Å². The van der Waals surface area contributed by atoms with Gasteiger partial charge in [-0.25, -0.2) is 0 Å². The SMILES string of the molecule is CCNC(=O)CC(CN)N1CCC(C)C(OC)C1. The van der Waals surface area contributed by atoms with Gasteiger partial charge in [0.25, 0.3) is 0 Å². The van der Waals surface area contributed by atoms with Crippen molar-refractivity contribution in [3.8, 4) is 0 Å². The van der Waals surface area contributed by atoms with E-state index in [1.165, 1.54) is 0 Å². The summed E-state index contributed by atoms with van der Waals surface area (Å²) in [6.45, 7) is 7.21. The molecule has 0 bridgehead atoms. The summed E-state index contributed by atoms with van der Waals surface area (Å²) in [6.07, 6.45) is 1.83. The number of methoxy groups -OCH3 is 1. The molecule has 1 rings (SSSR count). The van der Waals surface area contributed by atoms with Crippen LogP contribution >= 0.6 is 0 Å². The minimum atomic E-state index is 0.0838. The summed E-state index contributed by atoms with van der Waals surface area (Å²) >= 11 is 0. The second kappa shape index (κ2) is 7.71.